The SMILES string of the molecule is C=C(c1ccc(Cl)cc1N)N1C(=O)c2cc(I)ccc2N(CC(=O)CC2CCCCNCC2)C(=O)[C@@H]1c1ccc(Cl)cc1. The van der Waals surface area contributed by atoms with Crippen LogP contribution < -0.4 is 16.0 Å². The number of amides is 2. The molecule has 3 N–H and O–H groups in total. The van der Waals surface area contributed by atoms with Gasteiger partial charge in [0.2, 0.25) is 0 Å². The standard InChI is InChI=1S/C33H33Cl2IN4O3/c1-20(27-11-9-24(35)17-29(27)37)40-31(22-5-7-23(34)8-6-22)33(43)39(30-12-10-25(36)18-28(30)32(40)42)19-26(41)16-21-4-2-3-14-38-15-13-21/h5-12,17-18,21,31,38H,1-4,13-16,19,37H2/t21?,31-/m0/s1. The minimum atomic E-state index is -1.13. The molecule has 2 aliphatic rings. The molecule has 0 aliphatic carbocycles. The number of hydrogen-bond donors (Lipinski definition) is 2. The van der Waals surface area contributed by atoms with Crippen LogP contribution in [0.3, 0.4) is 0 Å². The molecular weight excluding hydrogens is 698 g/mol. The number of hydrogen-bond acceptors (Lipinski definition) is 5. The van der Waals surface area contributed by atoms with Gasteiger partial charge in [0.25, 0.3) is 11.8 Å². The number of fused-ring (bicyclic) bond motifs is 1. The van der Waals surface area contributed by atoms with Gasteiger partial charge < -0.3 is 16.0 Å². The second-order valence-electron chi connectivity index (χ2n) is 11.0. The van der Waals surface area contributed by atoms with E-state index >= 15 is 0 Å². The van der Waals surface area contributed by atoms with Gasteiger partial charge in [-0.2, -0.15) is 0 Å². The van der Waals surface area contributed by atoms with Crippen molar-refractivity contribution in [1.82, 2.24) is 10.2 Å². The normalized spacial score (nSPS) is 19.3. The highest BCUT2D eigenvalue weighted by Crippen LogP contribution is 2.41. The second kappa shape index (κ2) is 13.8. The second-order valence-corrected chi connectivity index (χ2v) is 13.2. The summed E-state index contributed by atoms with van der Waals surface area (Å²) in [4.78, 5) is 45.6. The molecule has 2 aliphatic heterocycles. The quantitative estimate of drug-likeness (QED) is 0.200. The highest BCUT2D eigenvalue weighted by Gasteiger charge is 2.43. The van der Waals surface area contributed by atoms with Crippen LogP contribution in [0.25, 0.3) is 5.70 Å². The molecule has 2 amide bonds. The molecule has 224 valence electrons. The number of carbonyl (C=O) groups is 3. The summed E-state index contributed by atoms with van der Waals surface area (Å²) in [5.74, 6) is -0.643. The van der Waals surface area contributed by atoms with Crippen molar-refractivity contribution in [2.75, 3.05) is 30.3 Å². The smallest absolute Gasteiger partial charge is 0.261 e. The molecule has 2 atom stereocenters. The summed E-state index contributed by atoms with van der Waals surface area (Å²) in [6, 6.07) is 15.9. The van der Waals surface area contributed by atoms with E-state index in [0.717, 1.165) is 42.3 Å². The van der Waals surface area contributed by atoms with Crippen LogP contribution in [0.2, 0.25) is 10.0 Å². The Morgan fingerprint density at radius 1 is 0.977 bits per heavy atom. The lowest BCUT2D eigenvalue weighted by atomic mass is 9.91. The van der Waals surface area contributed by atoms with E-state index in [0.29, 0.717) is 44.5 Å². The number of nitrogens with two attached hydrogens (primary N) is 1. The fourth-order valence-corrected chi connectivity index (χ4v) is 6.67. The molecule has 7 nitrogen and oxygen atoms in total. The molecule has 1 unspecified atom stereocenters. The van der Waals surface area contributed by atoms with E-state index in [1.54, 1.807) is 54.6 Å². The first-order chi connectivity index (χ1) is 20.6. The summed E-state index contributed by atoms with van der Waals surface area (Å²) < 4.78 is 0.812. The van der Waals surface area contributed by atoms with E-state index in [-0.39, 0.29) is 23.9 Å². The molecule has 1 saturated heterocycles. The third-order valence-electron chi connectivity index (χ3n) is 8.05. The Hall–Kier alpha value is -2.92. The maximum Gasteiger partial charge on any atom is 0.261 e. The predicted molar refractivity (Wildman–Crippen MR) is 181 cm³/mol. The lowest BCUT2D eigenvalue weighted by molar-refractivity contribution is -0.125. The third kappa shape index (κ3) is 7.09. The number of benzene rings is 3. The van der Waals surface area contributed by atoms with Crippen LogP contribution in [0.4, 0.5) is 11.4 Å². The van der Waals surface area contributed by atoms with Crippen LogP contribution in [0.1, 0.15) is 59.6 Å². The highest BCUT2D eigenvalue weighted by molar-refractivity contribution is 14.1. The van der Waals surface area contributed by atoms with Crippen LogP contribution in [-0.2, 0) is 9.59 Å². The number of nitrogens with one attached hydrogen (secondary N) is 1. The van der Waals surface area contributed by atoms with E-state index in [1.807, 2.05) is 6.07 Å². The average Bonchev–Trinajstić information content (AvgIpc) is 3.03. The van der Waals surface area contributed by atoms with E-state index in [9.17, 15) is 14.4 Å². The van der Waals surface area contributed by atoms with Crippen LogP contribution in [0.5, 0.6) is 0 Å². The van der Waals surface area contributed by atoms with Crippen molar-refractivity contribution in [2.24, 2.45) is 5.92 Å². The predicted octanol–water partition coefficient (Wildman–Crippen LogP) is 7.12. The zero-order valence-corrected chi connectivity index (χ0v) is 27.3. The first-order valence-electron chi connectivity index (χ1n) is 14.3. The molecule has 5 rings (SSSR count). The first-order valence-corrected chi connectivity index (χ1v) is 16.1. The molecule has 2 heterocycles. The number of anilines is 2. The van der Waals surface area contributed by atoms with Crippen molar-refractivity contribution in [3.05, 3.63) is 97.5 Å². The molecule has 0 aromatic heterocycles. The highest BCUT2D eigenvalue weighted by atomic mass is 127. The van der Waals surface area contributed by atoms with Gasteiger partial charge in [-0.1, -0.05) is 48.3 Å². The average molecular weight is 731 g/mol. The van der Waals surface area contributed by atoms with Crippen molar-refractivity contribution in [3.8, 4) is 0 Å². The molecule has 10 heteroatoms. The lowest BCUT2D eigenvalue weighted by Gasteiger charge is -2.33. The van der Waals surface area contributed by atoms with Crippen molar-refractivity contribution in [3.63, 3.8) is 0 Å². The molecule has 3 aromatic rings. The maximum absolute atomic E-state index is 14.7. The minimum absolute atomic E-state index is 0.0417. The van der Waals surface area contributed by atoms with E-state index in [2.05, 4.69) is 34.5 Å². The van der Waals surface area contributed by atoms with Gasteiger partial charge in [0, 0.05) is 37.0 Å². The summed E-state index contributed by atoms with van der Waals surface area (Å²) in [6.07, 6.45) is 4.42. The molecule has 1 fully saturated rings. The van der Waals surface area contributed by atoms with Crippen molar-refractivity contribution in [1.29, 1.82) is 0 Å². The topological polar surface area (TPSA) is 95.7 Å². The van der Waals surface area contributed by atoms with Gasteiger partial charge in [0.15, 0.2) is 5.78 Å². The van der Waals surface area contributed by atoms with Crippen LogP contribution in [0.15, 0.2) is 67.2 Å². The van der Waals surface area contributed by atoms with Gasteiger partial charge in [-0.15, -0.1) is 0 Å². The van der Waals surface area contributed by atoms with Crippen LogP contribution >= 0.6 is 45.8 Å². The maximum atomic E-state index is 14.7. The monoisotopic (exact) mass is 730 g/mol. The number of nitrogen functional groups attached to an aromatic ring is 1. The summed E-state index contributed by atoms with van der Waals surface area (Å²) >= 11 is 14.5. The Kier molecular flexibility index (Phi) is 10.1. The molecular formula is C33H33Cl2IN4O3. The number of Topliss-reactive ketones (excluding diaryl/α,β-unsaturated/α-hetero) is 1. The summed E-state index contributed by atoms with van der Waals surface area (Å²) in [7, 11) is 0. The Bertz CT molecular complexity index is 1550. The Morgan fingerprint density at radius 3 is 2.47 bits per heavy atom. The zero-order chi connectivity index (χ0) is 30.7. The van der Waals surface area contributed by atoms with E-state index in [4.69, 9.17) is 28.9 Å². The summed E-state index contributed by atoms with van der Waals surface area (Å²) in [6.45, 7) is 5.98. The fraction of sp³-hybridized carbons (Fsp3) is 0.303. The lowest BCUT2D eigenvalue weighted by Crippen LogP contribution is -2.43. The molecule has 43 heavy (non-hydrogen) atoms. The molecule has 0 radical (unpaired) electrons. The molecule has 0 saturated carbocycles. The van der Waals surface area contributed by atoms with E-state index < -0.39 is 17.9 Å². The Labute approximate surface area is 275 Å². The van der Waals surface area contributed by atoms with Crippen LogP contribution in [-0.4, -0.2) is 42.1 Å². The minimum Gasteiger partial charge on any atom is -0.398 e. The number of rotatable bonds is 7. The van der Waals surface area contributed by atoms with Crippen molar-refractivity contribution >= 4 is 80.5 Å². The molecule has 0 spiro atoms. The van der Waals surface area contributed by atoms with Crippen LogP contribution in [0, 0.1) is 9.49 Å². The van der Waals surface area contributed by atoms with Gasteiger partial charge in [0.1, 0.15) is 6.04 Å². The molecule has 0 bridgehead atoms. The van der Waals surface area contributed by atoms with Gasteiger partial charge in [-0.25, -0.2) is 0 Å². The van der Waals surface area contributed by atoms with Gasteiger partial charge in [-0.3, -0.25) is 19.3 Å². The number of ketones is 1. The number of halogens is 3. The Balaban J connectivity index is 1.59. The summed E-state index contributed by atoms with van der Waals surface area (Å²) in [5.41, 5.74) is 8.58. The number of nitrogens with zero attached hydrogens (tertiary/aromatic N) is 2. The van der Waals surface area contributed by atoms with Crippen molar-refractivity contribution in [2.45, 2.75) is 38.1 Å². The van der Waals surface area contributed by atoms with E-state index in [1.165, 1.54) is 9.80 Å². The van der Waals surface area contributed by atoms with Gasteiger partial charge >= 0.3 is 0 Å². The largest absolute Gasteiger partial charge is 0.398 e. The van der Waals surface area contributed by atoms with Gasteiger partial charge in [-0.05, 0) is 115 Å². The Morgan fingerprint density at radius 2 is 1.72 bits per heavy atom. The zero-order valence-electron chi connectivity index (χ0n) is 23.6. The first kappa shape index (κ1) is 31.5. The third-order valence-corrected chi connectivity index (χ3v) is 9.21. The van der Waals surface area contributed by atoms with Gasteiger partial charge in [0.05, 0.1) is 17.8 Å². The molecule has 3 aromatic carbocycles. The number of carbonyl (C=O) groups excluding carboxylic acids is 3. The summed E-state index contributed by atoms with van der Waals surface area (Å²) in [5, 5.41) is 4.34. The van der Waals surface area contributed by atoms with Crippen molar-refractivity contribution < 1.29 is 14.4 Å². The fourth-order valence-electron chi connectivity index (χ4n) is 5.87.